The number of halogens is 2. The summed E-state index contributed by atoms with van der Waals surface area (Å²) in [5.74, 6) is -0.402. The summed E-state index contributed by atoms with van der Waals surface area (Å²) in [6.07, 6.45) is 1.31. The van der Waals surface area contributed by atoms with Gasteiger partial charge >= 0.3 is 0 Å². The fourth-order valence-corrected chi connectivity index (χ4v) is 3.25. The van der Waals surface area contributed by atoms with Gasteiger partial charge in [0.05, 0.1) is 16.1 Å². The minimum absolute atomic E-state index is 0.0941. The minimum atomic E-state index is -3.82. The highest BCUT2D eigenvalue weighted by Crippen LogP contribution is 2.27. The summed E-state index contributed by atoms with van der Waals surface area (Å²) in [4.78, 5) is 3.48. The molecule has 1 heterocycles. The number of hydrogen-bond donors (Lipinski definition) is 1. The molecular weight excluding hydrogens is 341 g/mol. The summed E-state index contributed by atoms with van der Waals surface area (Å²) in [6.45, 7) is 0. The Morgan fingerprint density at radius 2 is 1.70 bits per heavy atom. The fourth-order valence-electron chi connectivity index (χ4n) is 2.03. The average molecular weight is 352 g/mol. The molecule has 0 radical (unpaired) electrons. The third kappa shape index (κ3) is 3.20. The van der Waals surface area contributed by atoms with Gasteiger partial charge in [0.15, 0.2) is 0 Å². The molecule has 0 amide bonds. The molecular formula is C15H11ClFN3O2S. The van der Waals surface area contributed by atoms with Gasteiger partial charge < -0.3 is 0 Å². The van der Waals surface area contributed by atoms with Crippen LogP contribution in [-0.2, 0) is 10.0 Å². The van der Waals surface area contributed by atoms with Crippen LogP contribution in [0.25, 0.3) is 11.3 Å². The quantitative estimate of drug-likeness (QED) is 0.784. The van der Waals surface area contributed by atoms with Crippen molar-refractivity contribution < 1.29 is 12.8 Å². The van der Waals surface area contributed by atoms with Crippen LogP contribution in [0.15, 0.2) is 65.7 Å². The SMILES string of the molecule is O=S(=O)(Nn1ncc(Cl)c1-c1ccc(F)cc1)c1ccccc1. The topological polar surface area (TPSA) is 64.0 Å². The molecule has 0 spiro atoms. The number of benzene rings is 2. The molecule has 118 valence electrons. The van der Waals surface area contributed by atoms with Crippen LogP contribution in [0, 0.1) is 5.82 Å². The van der Waals surface area contributed by atoms with Crippen molar-refractivity contribution >= 4 is 21.6 Å². The van der Waals surface area contributed by atoms with Crippen molar-refractivity contribution in [2.75, 3.05) is 4.83 Å². The minimum Gasteiger partial charge on any atom is -0.207 e. The molecule has 3 aromatic rings. The van der Waals surface area contributed by atoms with E-state index in [-0.39, 0.29) is 9.92 Å². The molecule has 3 rings (SSSR count). The van der Waals surface area contributed by atoms with E-state index in [0.717, 1.165) is 4.79 Å². The number of sulfonamides is 1. The lowest BCUT2D eigenvalue weighted by Gasteiger charge is -2.11. The van der Waals surface area contributed by atoms with E-state index in [0.29, 0.717) is 11.3 Å². The molecule has 1 N–H and O–H groups in total. The number of nitrogens with zero attached hydrogens (tertiary/aromatic N) is 2. The Bertz CT molecular complexity index is 925. The molecule has 0 bridgehead atoms. The summed E-state index contributed by atoms with van der Waals surface area (Å²) in [5.41, 5.74) is 0.857. The lowest BCUT2D eigenvalue weighted by molar-refractivity contribution is 0.592. The highest BCUT2D eigenvalue weighted by atomic mass is 35.5. The van der Waals surface area contributed by atoms with Crippen molar-refractivity contribution in [3.8, 4) is 11.3 Å². The van der Waals surface area contributed by atoms with Crippen LogP contribution >= 0.6 is 11.6 Å². The van der Waals surface area contributed by atoms with E-state index in [4.69, 9.17) is 11.6 Å². The molecule has 1 aromatic heterocycles. The van der Waals surface area contributed by atoms with Crippen LogP contribution in [0.5, 0.6) is 0 Å². The highest BCUT2D eigenvalue weighted by Gasteiger charge is 2.18. The van der Waals surface area contributed by atoms with Gasteiger partial charge in [-0.15, -0.1) is 0 Å². The zero-order chi connectivity index (χ0) is 16.4. The van der Waals surface area contributed by atoms with Gasteiger partial charge in [-0.1, -0.05) is 29.8 Å². The Kier molecular flexibility index (Phi) is 4.06. The molecule has 0 fully saturated rings. The molecule has 0 atom stereocenters. The maximum atomic E-state index is 13.1. The van der Waals surface area contributed by atoms with E-state index >= 15 is 0 Å². The summed E-state index contributed by atoms with van der Waals surface area (Å²) >= 11 is 6.08. The Morgan fingerprint density at radius 3 is 2.35 bits per heavy atom. The summed E-state index contributed by atoms with van der Waals surface area (Å²) < 4.78 is 37.8. The van der Waals surface area contributed by atoms with E-state index in [1.165, 1.54) is 42.6 Å². The van der Waals surface area contributed by atoms with Crippen molar-refractivity contribution in [3.05, 3.63) is 71.6 Å². The number of aromatic nitrogens is 2. The van der Waals surface area contributed by atoms with Crippen molar-refractivity contribution in [1.82, 2.24) is 9.89 Å². The molecule has 5 nitrogen and oxygen atoms in total. The molecule has 2 aromatic carbocycles. The summed E-state index contributed by atoms with van der Waals surface area (Å²) in [7, 11) is -3.82. The van der Waals surface area contributed by atoms with Gasteiger partial charge in [-0.25, -0.2) is 4.39 Å². The zero-order valence-electron chi connectivity index (χ0n) is 11.6. The molecule has 0 saturated heterocycles. The zero-order valence-corrected chi connectivity index (χ0v) is 13.2. The largest absolute Gasteiger partial charge is 0.276 e. The van der Waals surface area contributed by atoms with E-state index in [1.807, 2.05) is 0 Å². The normalized spacial score (nSPS) is 11.4. The lowest BCUT2D eigenvalue weighted by Crippen LogP contribution is -2.25. The van der Waals surface area contributed by atoms with Gasteiger partial charge in [-0.3, -0.25) is 0 Å². The first-order chi connectivity index (χ1) is 11.0. The molecule has 0 aliphatic heterocycles. The summed E-state index contributed by atoms with van der Waals surface area (Å²) in [6, 6.07) is 13.4. The number of hydrogen-bond acceptors (Lipinski definition) is 3. The Morgan fingerprint density at radius 1 is 1.04 bits per heavy atom. The van der Waals surface area contributed by atoms with Crippen molar-refractivity contribution in [2.45, 2.75) is 4.90 Å². The summed E-state index contributed by atoms with van der Waals surface area (Å²) in [5, 5.41) is 4.17. The van der Waals surface area contributed by atoms with E-state index < -0.39 is 15.8 Å². The van der Waals surface area contributed by atoms with Crippen LogP contribution in [0.4, 0.5) is 4.39 Å². The predicted octanol–water partition coefficient (Wildman–Crippen LogP) is 3.28. The van der Waals surface area contributed by atoms with Gasteiger partial charge in [-0.05, 0) is 36.4 Å². The molecule has 0 aliphatic carbocycles. The maximum absolute atomic E-state index is 13.1. The van der Waals surface area contributed by atoms with Crippen molar-refractivity contribution in [1.29, 1.82) is 0 Å². The second kappa shape index (κ2) is 6.02. The van der Waals surface area contributed by atoms with E-state index in [2.05, 4.69) is 9.93 Å². The standard InChI is InChI=1S/C15H11ClFN3O2S/c16-14-10-18-20(15(14)11-6-8-12(17)9-7-11)19-23(21,22)13-4-2-1-3-5-13/h1-10,19H. The third-order valence-corrected chi connectivity index (χ3v) is 4.69. The van der Waals surface area contributed by atoms with Gasteiger partial charge in [0.25, 0.3) is 10.0 Å². The van der Waals surface area contributed by atoms with Crippen LogP contribution in [0.2, 0.25) is 5.02 Å². The van der Waals surface area contributed by atoms with Crippen LogP contribution < -0.4 is 4.83 Å². The second-order valence-corrected chi connectivity index (χ2v) is 6.74. The molecule has 0 saturated carbocycles. The Labute approximate surface area is 137 Å². The Balaban J connectivity index is 2.01. The average Bonchev–Trinajstić information content (AvgIpc) is 2.89. The molecule has 8 heteroatoms. The fraction of sp³-hybridized carbons (Fsp3) is 0. The van der Waals surface area contributed by atoms with Gasteiger partial charge in [0.1, 0.15) is 11.5 Å². The monoisotopic (exact) mass is 351 g/mol. The first-order valence-corrected chi connectivity index (χ1v) is 8.41. The first-order valence-electron chi connectivity index (χ1n) is 6.55. The molecule has 0 unspecified atom stereocenters. The van der Waals surface area contributed by atoms with Gasteiger partial charge in [-0.2, -0.15) is 23.1 Å². The molecule has 23 heavy (non-hydrogen) atoms. The second-order valence-electron chi connectivity index (χ2n) is 4.67. The van der Waals surface area contributed by atoms with E-state index in [1.54, 1.807) is 18.2 Å². The highest BCUT2D eigenvalue weighted by molar-refractivity contribution is 7.92. The van der Waals surface area contributed by atoms with Crippen molar-refractivity contribution in [3.63, 3.8) is 0 Å². The van der Waals surface area contributed by atoms with Crippen molar-refractivity contribution in [2.24, 2.45) is 0 Å². The van der Waals surface area contributed by atoms with Gasteiger partial charge in [0.2, 0.25) is 0 Å². The molecule has 0 aliphatic rings. The van der Waals surface area contributed by atoms with Crippen LogP contribution in [0.1, 0.15) is 0 Å². The predicted molar refractivity (Wildman–Crippen MR) is 85.6 cm³/mol. The smallest absolute Gasteiger partial charge is 0.207 e. The van der Waals surface area contributed by atoms with Crippen LogP contribution in [0.3, 0.4) is 0 Å². The Hall–Kier alpha value is -2.38. The van der Waals surface area contributed by atoms with E-state index in [9.17, 15) is 12.8 Å². The van der Waals surface area contributed by atoms with Crippen LogP contribution in [-0.4, -0.2) is 18.3 Å². The third-order valence-electron chi connectivity index (χ3n) is 3.10. The van der Waals surface area contributed by atoms with Gasteiger partial charge in [0, 0.05) is 5.56 Å². The number of rotatable bonds is 4. The maximum Gasteiger partial charge on any atom is 0.276 e. The number of nitrogens with one attached hydrogen (secondary N) is 1. The first kappa shape index (κ1) is 15.5. The lowest BCUT2D eigenvalue weighted by atomic mass is 10.1.